The van der Waals surface area contributed by atoms with E-state index in [4.69, 9.17) is 0 Å². The molecule has 3 heterocycles. The van der Waals surface area contributed by atoms with Crippen LogP contribution in [0.1, 0.15) is 81.7 Å². The van der Waals surface area contributed by atoms with E-state index in [-0.39, 0.29) is 22.2 Å². The first kappa shape index (κ1) is 46.4. The van der Waals surface area contributed by atoms with E-state index in [2.05, 4.69) is 299 Å². The quantitative estimate of drug-likeness (QED) is 0.150. The Labute approximate surface area is 458 Å². The maximum Gasteiger partial charge on any atom is 0.0544 e. The molecule has 0 aromatic heterocycles. The molecule has 3 aliphatic heterocycles. The zero-order valence-corrected chi connectivity index (χ0v) is 45.2. The predicted octanol–water partition coefficient (Wildman–Crippen LogP) is 20.5. The van der Waals surface area contributed by atoms with Crippen molar-refractivity contribution in [2.24, 2.45) is 0 Å². The molecule has 0 radical (unpaired) electrons. The first-order valence-corrected chi connectivity index (χ1v) is 27.9. The highest BCUT2D eigenvalue weighted by Gasteiger charge is 2.54. The summed E-state index contributed by atoms with van der Waals surface area (Å²) >= 11 is 0. The van der Waals surface area contributed by atoms with Crippen molar-refractivity contribution in [3.05, 3.63) is 287 Å². The average molecular weight is 1000 g/mol. The summed E-state index contributed by atoms with van der Waals surface area (Å²) in [6, 6.07) is 88.1. The summed E-state index contributed by atoms with van der Waals surface area (Å²) in [4.78, 5) is 7.62. The molecule has 11 aromatic carbocycles. The molecule has 1 unspecified atom stereocenters. The molecule has 0 saturated carbocycles. The van der Waals surface area contributed by atoms with Gasteiger partial charge in [-0.3, -0.25) is 0 Å². The Kier molecular flexibility index (Phi) is 10.1. The molecule has 0 spiro atoms. The molecule has 0 fully saturated rings. The molecule has 1 aliphatic carbocycles. The van der Waals surface area contributed by atoms with Gasteiger partial charge >= 0.3 is 0 Å². The van der Waals surface area contributed by atoms with E-state index in [1.807, 2.05) is 0 Å². The number of benzene rings is 11. The number of nitrogens with zero attached hydrogens (tertiary/aromatic N) is 3. The number of allylic oxidation sites excluding steroid dienone is 3. The van der Waals surface area contributed by atoms with Crippen molar-refractivity contribution in [3.8, 4) is 11.1 Å². The van der Waals surface area contributed by atoms with Crippen molar-refractivity contribution in [3.63, 3.8) is 0 Å². The van der Waals surface area contributed by atoms with E-state index in [0.29, 0.717) is 0 Å². The molecule has 0 amide bonds. The fourth-order valence-electron chi connectivity index (χ4n) is 14.3. The van der Waals surface area contributed by atoms with Crippen LogP contribution in [0.3, 0.4) is 0 Å². The Morgan fingerprint density at radius 1 is 0.385 bits per heavy atom. The van der Waals surface area contributed by atoms with Crippen LogP contribution in [-0.2, 0) is 16.2 Å². The van der Waals surface area contributed by atoms with Crippen LogP contribution < -0.4 is 14.7 Å². The standard InChI is InChI=1S/C75H61N3/c1-73(2)61-34-21-35-62-70(61)78-71-63(73)44-51(48-38-40-55(41-39-48)76(53-26-9-7-10-27-53)67-36-19-24-49-22-13-15-30-57(49)67)45-64(71)75(5,6)66-47-52(46-65(72(66)78)74(62,3)4)56-42-43-69(60-33-18-17-32-59(56)60)77(54-28-11-8-12-29-54)68-37-20-25-50-23-14-16-31-58(50)68/h7-43,45-47,51H,44H2,1-6H3. The van der Waals surface area contributed by atoms with Crippen molar-refractivity contribution < 1.29 is 0 Å². The Balaban J connectivity index is 0.899. The second kappa shape index (κ2) is 17.0. The summed E-state index contributed by atoms with van der Waals surface area (Å²) in [5.74, 6) is 0.190. The number of rotatable bonds is 8. The molecule has 4 aliphatic rings. The highest BCUT2D eigenvalue weighted by Crippen LogP contribution is 2.67. The van der Waals surface area contributed by atoms with Gasteiger partial charge in [-0.15, -0.1) is 0 Å². The molecule has 0 saturated heterocycles. The summed E-state index contributed by atoms with van der Waals surface area (Å²) in [5.41, 5.74) is 22.7. The van der Waals surface area contributed by atoms with Gasteiger partial charge in [0, 0.05) is 55.4 Å². The van der Waals surface area contributed by atoms with Crippen LogP contribution in [0.4, 0.5) is 45.5 Å². The number of para-hydroxylation sites is 3. The summed E-state index contributed by atoms with van der Waals surface area (Å²) in [6.07, 6.45) is 3.62. The van der Waals surface area contributed by atoms with Crippen molar-refractivity contribution in [1.29, 1.82) is 0 Å². The highest BCUT2D eigenvalue weighted by molar-refractivity contribution is 6.09. The lowest BCUT2D eigenvalue weighted by atomic mass is 9.57. The minimum atomic E-state index is -0.321. The van der Waals surface area contributed by atoms with Gasteiger partial charge in [0.15, 0.2) is 0 Å². The van der Waals surface area contributed by atoms with Gasteiger partial charge in [0.2, 0.25) is 0 Å². The van der Waals surface area contributed by atoms with Gasteiger partial charge in [-0.05, 0) is 139 Å². The lowest BCUT2D eigenvalue weighted by molar-refractivity contribution is 0.505. The normalized spacial score (nSPS) is 17.0. The molecule has 1 atom stereocenters. The van der Waals surface area contributed by atoms with Crippen LogP contribution in [0, 0.1) is 0 Å². The van der Waals surface area contributed by atoms with Gasteiger partial charge in [0.1, 0.15) is 0 Å². The predicted molar refractivity (Wildman–Crippen MR) is 329 cm³/mol. The lowest BCUT2D eigenvalue weighted by Crippen LogP contribution is -2.48. The Bertz CT molecular complexity index is 4320. The monoisotopic (exact) mass is 1000 g/mol. The number of anilines is 8. The largest absolute Gasteiger partial charge is 0.310 e. The fraction of sp³-hybridized carbons (Fsp3) is 0.147. The third-order valence-electron chi connectivity index (χ3n) is 18.3. The SMILES string of the molecule is CC1(C)C2=CC(c3ccc(N(c4ccccc4)c4cccc5ccccc45)cc3)CC3=C2N2c4c1cc(-c1ccc(N(c5ccccc5)c5cccc6ccccc56)c5ccccc15)cc4C(C)(C)c1cccc(c12)C3(C)C. The maximum atomic E-state index is 2.74. The molecule has 78 heavy (non-hydrogen) atoms. The molecule has 0 bridgehead atoms. The molecule has 15 rings (SSSR count). The van der Waals surface area contributed by atoms with Gasteiger partial charge in [0.05, 0.1) is 34.1 Å². The molecule has 11 aromatic rings. The lowest BCUT2D eigenvalue weighted by Gasteiger charge is -2.57. The summed E-state index contributed by atoms with van der Waals surface area (Å²) in [7, 11) is 0. The minimum Gasteiger partial charge on any atom is -0.310 e. The smallest absolute Gasteiger partial charge is 0.0544 e. The third kappa shape index (κ3) is 6.70. The van der Waals surface area contributed by atoms with Crippen molar-refractivity contribution >= 4 is 77.8 Å². The number of hydrogen-bond acceptors (Lipinski definition) is 3. The van der Waals surface area contributed by atoms with Gasteiger partial charge in [0.25, 0.3) is 0 Å². The molecule has 3 nitrogen and oxygen atoms in total. The van der Waals surface area contributed by atoms with Gasteiger partial charge in [-0.2, -0.15) is 0 Å². The third-order valence-corrected chi connectivity index (χ3v) is 18.3. The second-order valence-corrected chi connectivity index (χ2v) is 23.7. The van der Waals surface area contributed by atoms with E-state index in [0.717, 1.165) is 34.9 Å². The van der Waals surface area contributed by atoms with Crippen LogP contribution >= 0.6 is 0 Å². The topological polar surface area (TPSA) is 9.72 Å². The maximum absolute atomic E-state index is 2.74. The van der Waals surface area contributed by atoms with E-state index in [1.165, 1.54) is 105 Å². The first-order chi connectivity index (χ1) is 38.0. The van der Waals surface area contributed by atoms with Crippen LogP contribution in [0.2, 0.25) is 0 Å². The van der Waals surface area contributed by atoms with E-state index in [9.17, 15) is 0 Å². The second-order valence-electron chi connectivity index (χ2n) is 23.7. The summed E-state index contributed by atoms with van der Waals surface area (Å²) < 4.78 is 0. The van der Waals surface area contributed by atoms with Crippen molar-refractivity contribution in [1.82, 2.24) is 0 Å². The van der Waals surface area contributed by atoms with E-state index >= 15 is 0 Å². The minimum absolute atomic E-state index is 0.186. The molecular formula is C75H61N3. The van der Waals surface area contributed by atoms with Crippen LogP contribution in [0.15, 0.2) is 260 Å². The molecule has 3 heteroatoms. The first-order valence-electron chi connectivity index (χ1n) is 27.9. The average Bonchev–Trinajstić information content (AvgIpc) is 3.04. The Morgan fingerprint density at radius 3 is 1.50 bits per heavy atom. The van der Waals surface area contributed by atoms with Gasteiger partial charge in [-0.25, -0.2) is 0 Å². The van der Waals surface area contributed by atoms with Crippen molar-refractivity contribution in [2.45, 2.75) is 70.1 Å². The van der Waals surface area contributed by atoms with Gasteiger partial charge in [-0.1, -0.05) is 217 Å². The zero-order chi connectivity index (χ0) is 52.7. The van der Waals surface area contributed by atoms with Crippen molar-refractivity contribution in [2.75, 3.05) is 14.7 Å². The van der Waals surface area contributed by atoms with E-state index < -0.39 is 0 Å². The van der Waals surface area contributed by atoms with Crippen LogP contribution in [0.25, 0.3) is 43.4 Å². The van der Waals surface area contributed by atoms with E-state index in [1.54, 1.807) is 0 Å². The summed E-state index contributed by atoms with van der Waals surface area (Å²) in [6.45, 7) is 14.9. The van der Waals surface area contributed by atoms with Crippen LogP contribution in [-0.4, -0.2) is 0 Å². The number of fused-ring (bicyclic) bond motifs is 3. The molecule has 376 valence electrons. The van der Waals surface area contributed by atoms with Crippen LogP contribution in [0.5, 0.6) is 0 Å². The van der Waals surface area contributed by atoms with Gasteiger partial charge < -0.3 is 14.7 Å². The molecule has 0 N–H and O–H groups in total. The Morgan fingerprint density at radius 2 is 0.859 bits per heavy atom. The number of hydrogen-bond donors (Lipinski definition) is 0. The highest BCUT2D eigenvalue weighted by atomic mass is 15.2. The molecular weight excluding hydrogens is 943 g/mol. The fourth-order valence-corrected chi connectivity index (χ4v) is 14.3. The zero-order valence-electron chi connectivity index (χ0n) is 45.2. The summed E-state index contributed by atoms with van der Waals surface area (Å²) in [5, 5.41) is 7.36. The Hall–Kier alpha value is -8.92.